The van der Waals surface area contributed by atoms with Crippen molar-refractivity contribution in [1.82, 2.24) is 16.0 Å². The lowest BCUT2D eigenvalue weighted by Gasteiger charge is -2.25. The number of hydrogen-bond acceptors (Lipinski definition) is 8. The van der Waals surface area contributed by atoms with Crippen LogP contribution in [0.25, 0.3) is 0 Å². The standard InChI is InChI=1S/C18H34N6O7/c1-9(2)14(21)17(29)23-11(7-13(20)26)16(28)22-10(5-3-4-6-19)15(27)24-12(8-25)18(30)31/h9-12,14,25H,3-8,19,21H2,1-2H3,(H2,20,26)(H,22,28)(H,23,29)(H,24,27)(H,30,31). The van der Waals surface area contributed by atoms with E-state index in [1.807, 2.05) is 0 Å². The van der Waals surface area contributed by atoms with Crippen LogP contribution in [0.5, 0.6) is 0 Å². The number of aliphatic hydroxyl groups is 1. The van der Waals surface area contributed by atoms with Crippen LogP contribution in [-0.2, 0) is 24.0 Å². The van der Waals surface area contributed by atoms with Gasteiger partial charge in [0, 0.05) is 0 Å². The number of rotatable bonds is 15. The SMILES string of the molecule is CC(C)C(N)C(=O)NC(CC(N)=O)C(=O)NC(CCCCN)C(=O)NC(CO)C(=O)O. The minimum atomic E-state index is -1.56. The second kappa shape index (κ2) is 14.3. The van der Waals surface area contributed by atoms with Crippen molar-refractivity contribution in [3.63, 3.8) is 0 Å². The Hall–Kier alpha value is -2.77. The van der Waals surface area contributed by atoms with E-state index in [4.69, 9.17) is 27.4 Å². The molecule has 0 radical (unpaired) electrons. The minimum Gasteiger partial charge on any atom is -0.480 e. The van der Waals surface area contributed by atoms with Crippen LogP contribution in [0.15, 0.2) is 0 Å². The first kappa shape index (κ1) is 28.2. The smallest absolute Gasteiger partial charge is 0.328 e. The van der Waals surface area contributed by atoms with Gasteiger partial charge in [-0.25, -0.2) is 4.79 Å². The van der Waals surface area contributed by atoms with Crippen molar-refractivity contribution in [3.05, 3.63) is 0 Å². The largest absolute Gasteiger partial charge is 0.480 e. The molecule has 4 unspecified atom stereocenters. The molecule has 178 valence electrons. The number of nitrogens with two attached hydrogens (primary N) is 3. The average Bonchev–Trinajstić information content (AvgIpc) is 2.69. The Kier molecular flexibility index (Phi) is 13.0. The molecule has 31 heavy (non-hydrogen) atoms. The lowest BCUT2D eigenvalue weighted by atomic mass is 10.0. The van der Waals surface area contributed by atoms with Gasteiger partial charge in [0.25, 0.3) is 0 Å². The maximum atomic E-state index is 12.7. The van der Waals surface area contributed by atoms with Crippen molar-refractivity contribution in [2.45, 2.75) is 63.7 Å². The van der Waals surface area contributed by atoms with Crippen molar-refractivity contribution in [2.24, 2.45) is 23.1 Å². The van der Waals surface area contributed by atoms with Gasteiger partial charge in [0.2, 0.25) is 23.6 Å². The summed E-state index contributed by atoms with van der Waals surface area (Å²) in [5.74, 6) is -4.95. The Balaban J connectivity index is 5.44. The molecule has 13 heteroatoms. The Morgan fingerprint density at radius 1 is 0.871 bits per heavy atom. The lowest BCUT2D eigenvalue weighted by molar-refractivity contribution is -0.143. The molecular weight excluding hydrogens is 412 g/mol. The van der Waals surface area contributed by atoms with Gasteiger partial charge in [0.15, 0.2) is 0 Å². The van der Waals surface area contributed by atoms with Gasteiger partial charge in [0.1, 0.15) is 18.1 Å². The summed E-state index contributed by atoms with van der Waals surface area (Å²) in [6.07, 6.45) is 0.534. The molecule has 0 saturated heterocycles. The van der Waals surface area contributed by atoms with Crippen molar-refractivity contribution < 1.29 is 34.2 Å². The zero-order valence-electron chi connectivity index (χ0n) is 17.8. The van der Waals surface area contributed by atoms with Gasteiger partial charge < -0.3 is 43.4 Å². The number of carbonyl (C=O) groups excluding carboxylic acids is 4. The number of carbonyl (C=O) groups is 5. The zero-order valence-corrected chi connectivity index (χ0v) is 17.8. The molecule has 0 bridgehead atoms. The van der Waals surface area contributed by atoms with E-state index in [1.54, 1.807) is 13.8 Å². The Morgan fingerprint density at radius 2 is 1.39 bits per heavy atom. The summed E-state index contributed by atoms with van der Waals surface area (Å²) in [6, 6.07) is -5.08. The van der Waals surface area contributed by atoms with Crippen molar-refractivity contribution in [2.75, 3.05) is 13.2 Å². The van der Waals surface area contributed by atoms with Crippen molar-refractivity contribution in [1.29, 1.82) is 0 Å². The van der Waals surface area contributed by atoms with Gasteiger partial charge in [0.05, 0.1) is 19.1 Å². The molecule has 4 amide bonds. The van der Waals surface area contributed by atoms with Crippen molar-refractivity contribution in [3.8, 4) is 0 Å². The summed E-state index contributed by atoms with van der Waals surface area (Å²) in [4.78, 5) is 59.8. The zero-order chi connectivity index (χ0) is 24.1. The number of aliphatic carboxylic acids is 1. The van der Waals surface area contributed by atoms with Gasteiger partial charge >= 0.3 is 5.97 Å². The van der Waals surface area contributed by atoms with E-state index < -0.39 is 66.8 Å². The summed E-state index contributed by atoms with van der Waals surface area (Å²) >= 11 is 0. The van der Waals surface area contributed by atoms with E-state index in [9.17, 15) is 24.0 Å². The number of carboxylic acids is 1. The van der Waals surface area contributed by atoms with E-state index >= 15 is 0 Å². The van der Waals surface area contributed by atoms with Crippen LogP contribution >= 0.6 is 0 Å². The van der Waals surface area contributed by atoms with Gasteiger partial charge in [-0.2, -0.15) is 0 Å². The first-order chi connectivity index (χ1) is 14.4. The van der Waals surface area contributed by atoms with Gasteiger partial charge in [-0.05, 0) is 31.7 Å². The van der Waals surface area contributed by atoms with Crippen molar-refractivity contribution >= 4 is 29.6 Å². The van der Waals surface area contributed by atoms with Crippen LogP contribution in [0.4, 0.5) is 0 Å². The lowest BCUT2D eigenvalue weighted by Crippen LogP contribution is -2.58. The molecular formula is C18H34N6O7. The second-order valence-electron chi connectivity index (χ2n) is 7.43. The minimum absolute atomic E-state index is 0.106. The molecule has 0 saturated carbocycles. The molecule has 0 rings (SSSR count). The summed E-state index contributed by atoms with van der Waals surface area (Å²) in [7, 11) is 0. The van der Waals surface area contributed by atoms with E-state index in [1.165, 1.54) is 0 Å². The Labute approximate surface area is 180 Å². The van der Waals surface area contributed by atoms with Gasteiger partial charge in [-0.1, -0.05) is 13.8 Å². The topological polar surface area (TPSA) is 240 Å². The molecule has 11 N–H and O–H groups in total. The highest BCUT2D eigenvalue weighted by Crippen LogP contribution is 2.05. The Bertz CT molecular complexity index is 643. The fraction of sp³-hybridized carbons (Fsp3) is 0.722. The summed E-state index contributed by atoms with van der Waals surface area (Å²) in [6.45, 7) is 2.89. The number of unbranched alkanes of at least 4 members (excludes halogenated alkanes) is 1. The average molecular weight is 447 g/mol. The third-order valence-electron chi connectivity index (χ3n) is 4.44. The molecule has 0 aliphatic carbocycles. The first-order valence-electron chi connectivity index (χ1n) is 9.93. The molecule has 13 nitrogen and oxygen atoms in total. The number of carboxylic acid groups (broad SMARTS) is 1. The third-order valence-corrected chi connectivity index (χ3v) is 4.44. The second-order valence-corrected chi connectivity index (χ2v) is 7.43. The molecule has 4 atom stereocenters. The summed E-state index contributed by atoms with van der Waals surface area (Å²) in [5, 5.41) is 25.0. The van der Waals surface area contributed by atoms with E-state index in [0.29, 0.717) is 19.4 Å². The quantitative estimate of drug-likeness (QED) is 0.116. The number of hydrogen-bond donors (Lipinski definition) is 8. The first-order valence-corrected chi connectivity index (χ1v) is 9.93. The van der Waals surface area contributed by atoms with Crippen LogP contribution in [0.2, 0.25) is 0 Å². The normalized spacial score (nSPS) is 14.8. The van der Waals surface area contributed by atoms with E-state index in [2.05, 4.69) is 16.0 Å². The highest BCUT2D eigenvalue weighted by atomic mass is 16.4. The van der Waals surface area contributed by atoms with E-state index in [-0.39, 0.29) is 12.3 Å². The highest BCUT2D eigenvalue weighted by Gasteiger charge is 2.31. The molecule has 0 aromatic rings. The fourth-order valence-electron chi connectivity index (χ4n) is 2.47. The maximum absolute atomic E-state index is 12.7. The predicted molar refractivity (Wildman–Crippen MR) is 110 cm³/mol. The van der Waals surface area contributed by atoms with Crippen LogP contribution < -0.4 is 33.2 Å². The van der Waals surface area contributed by atoms with Crippen LogP contribution in [0, 0.1) is 5.92 Å². The monoisotopic (exact) mass is 446 g/mol. The van der Waals surface area contributed by atoms with Gasteiger partial charge in [-0.15, -0.1) is 0 Å². The van der Waals surface area contributed by atoms with Gasteiger partial charge in [-0.3, -0.25) is 19.2 Å². The number of primary amides is 1. The molecule has 0 aromatic heterocycles. The van der Waals surface area contributed by atoms with Crippen LogP contribution in [0.3, 0.4) is 0 Å². The number of amides is 4. The Morgan fingerprint density at radius 3 is 1.84 bits per heavy atom. The van der Waals surface area contributed by atoms with Crippen LogP contribution in [-0.4, -0.2) is 77.1 Å². The fourth-order valence-corrected chi connectivity index (χ4v) is 2.47. The number of aliphatic hydroxyl groups excluding tert-OH is 1. The van der Waals surface area contributed by atoms with Crippen LogP contribution in [0.1, 0.15) is 39.5 Å². The molecule has 0 heterocycles. The molecule has 0 fully saturated rings. The summed E-state index contributed by atoms with van der Waals surface area (Å²) in [5.41, 5.74) is 16.3. The van der Waals surface area contributed by atoms with E-state index in [0.717, 1.165) is 0 Å². The highest BCUT2D eigenvalue weighted by molar-refractivity contribution is 5.96. The maximum Gasteiger partial charge on any atom is 0.328 e. The molecule has 0 aromatic carbocycles. The predicted octanol–water partition coefficient (Wildman–Crippen LogP) is -3.49. The molecule has 0 aliphatic heterocycles. The molecule has 0 spiro atoms. The number of nitrogens with one attached hydrogen (secondary N) is 3. The third kappa shape index (κ3) is 10.7. The summed E-state index contributed by atoms with van der Waals surface area (Å²) < 4.78 is 0. The molecule has 0 aliphatic rings.